The molecule has 0 N–H and O–H groups in total. The second-order valence-corrected chi connectivity index (χ2v) is 24.8. The molecule has 4 atom stereocenters. The van der Waals surface area contributed by atoms with Crippen LogP contribution < -0.4 is 0 Å². The van der Waals surface area contributed by atoms with Crippen molar-refractivity contribution < 1.29 is 0 Å². The average Bonchev–Trinajstić information content (AvgIpc) is 2.62. The van der Waals surface area contributed by atoms with Gasteiger partial charge in [0.1, 0.15) is 0 Å². The molecule has 0 saturated heterocycles. The van der Waals surface area contributed by atoms with Gasteiger partial charge in [0.15, 0.2) is 0 Å². The van der Waals surface area contributed by atoms with E-state index in [0.717, 1.165) is 4.06 Å². The molecular weight excluding hydrogens is 425 g/mol. The van der Waals surface area contributed by atoms with Crippen molar-refractivity contribution in [2.75, 3.05) is 20.1 Å². The molecular formula is C22H39N3Sn. The molecule has 1 heterocycles. The first-order valence-corrected chi connectivity index (χ1v) is 20.5. The molecule has 0 amide bonds. The fraction of sp³-hybridized carbons (Fsp3) is 0.682. The van der Waals surface area contributed by atoms with Gasteiger partial charge in [-0.15, -0.1) is 0 Å². The molecule has 0 bridgehead atoms. The van der Waals surface area contributed by atoms with Gasteiger partial charge < -0.3 is 0 Å². The van der Waals surface area contributed by atoms with E-state index < -0.39 is 18.4 Å². The summed E-state index contributed by atoms with van der Waals surface area (Å²) >= 11 is -1.85. The molecule has 26 heavy (non-hydrogen) atoms. The van der Waals surface area contributed by atoms with E-state index in [9.17, 15) is 0 Å². The molecule has 0 radical (unpaired) electrons. The molecule has 0 spiro atoms. The molecule has 2 rings (SSSR count). The Labute approximate surface area is 165 Å². The Morgan fingerprint density at radius 1 is 1.15 bits per heavy atom. The number of nitrogens with zero attached hydrogens (tertiary/aromatic N) is 3. The molecule has 0 aromatic heterocycles. The van der Waals surface area contributed by atoms with Crippen LogP contribution in [0.4, 0.5) is 0 Å². The van der Waals surface area contributed by atoms with Crippen LogP contribution in [0.5, 0.6) is 0 Å². The van der Waals surface area contributed by atoms with Gasteiger partial charge in [0.2, 0.25) is 0 Å². The molecule has 4 unspecified atom stereocenters. The first-order valence-electron chi connectivity index (χ1n) is 10.3. The monoisotopic (exact) mass is 464 g/mol. The van der Waals surface area contributed by atoms with Crippen LogP contribution in [0.3, 0.4) is 0 Å². The summed E-state index contributed by atoms with van der Waals surface area (Å²) in [4.78, 5) is 17.5. The zero-order valence-corrected chi connectivity index (χ0v) is 20.8. The Kier molecular flexibility index (Phi) is 8.02. The van der Waals surface area contributed by atoms with Gasteiger partial charge in [0.25, 0.3) is 0 Å². The number of aliphatic imine (C=N–C) groups is 1. The summed E-state index contributed by atoms with van der Waals surface area (Å²) in [5.41, 5.74) is 1.41. The predicted octanol–water partition coefficient (Wildman–Crippen LogP) is 4.75. The maximum atomic E-state index is 4.62. The van der Waals surface area contributed by atoms with Gasteiger partial charge in [-0.05, 0) is 0 Å². The van der Waals surface area contributed by atoms with Crippen molar-refractivity contribution in [2.45, 2.75) is 64.6 Å². The summed E-state index contributed by atoms with van der Waals surface area (Å²) in [7, 11) is 2.25. The van der Waals surface area contributed by atoms with E-state index in [4.69, 9.17) is 0 Å². The zero-order chi connectivity index (χ0) is 19.3. The van der Waals surface area contributed by atoms with Gasteiger partial charge in [-0.1, -0.05) is 0 Å². The number of hydrogen-bond donors (Lipinski definition) is 0. The minimum atomic E-state index is -1.85. The van der Waals surface area contributed by atoms with Crippen molar-refractivity contribution in [3.8, 4) is 0 Å². The summed E-state index contributed by atoms with van der Waals surface area (Å²) < 4.78 is 0.819. The van der Waals surface area contributed by atoms with Crippen molar-refractivity contribution in [1.29, 1.82) is 0 Å². The molecule has 0 aromatic carbocycles. The van der Waals surface area contributed by atoms with E-state index in [1.165, 1.54) is 31.6 Å². The fourth-order valence-electron chi connectivity index (χ4n) is 3.91. The third kappa shape index (κ3) is 5.48. The van der Waals surface area contributed by atoms with Gasteiger partial charge >= 0.3 is 166 Å². The minimum absolute atomic E-state index is 0.283. The molecule has 2 aliphatic rings. The van der Waals surface area contributed by atoms with Crippen molar-refractivity contribution in [3.05, 3.63) is 36.1 Å². The van der Waals surface area contributed by atoms with Gasteiger partial charge in [0, 0.05) is 0 Å². The predicted molar refractivity (Wildman–Crippen MR) is 119 cm³/mol. The SMILES string of the molecule is CCN(CCCC(C)N(C)C1=CC=NC2C=CC=CC12)[CH](C)[119Sn]([CH3])([CH3])[CH3]. The Hall–Kier alpha value is -0.551. The van der Waals surface area contributed by atoms with Crippen molar-refractivity contribution in [2.24, 2.45) is 10.9 Å². The van der Waals surface area contributed by atoms with E-state index in [1.54, 1.807) is 0 Å². The Morgan fingerprint density at radius 3 is 2.50 bits per heavy atom. The third-order valence-corrected chi connectivity index (χ3v) is 14.5. The molecule has 146 valence electrons. The molecule has 4 heteroatoms. The maximum absolute atomic E-state index is 4.62. The first-order chi connectivity index (χ1) is 12.3. The summed E-state index contributed by atoms with van der Waals surface area (Å²) in [6.07, 6.45) is 15.5. The second kappa shape index (κ2) is 9.59. The fourth-order valence-corrected chi connectivity index (χ4v) is 7.92. The van der Waals surface area contributed by atoms with Gasteiger partial charge in [-0.3, -0.25) is 0 Å². The van der Waals surface area contributed by atoms with E-state index in [-0.39, 0.29) is 6.04 Å². The molecule has 3 nitrogen and oxygen atoms in total. The van der Waals surface area contributed by atoms with E-state index in [2.05, 4.69) is 87.8 Å². The van der Waals surface area contributed by atoms with Crippen LogP contribution in [-0.4, -0.2) is 70.7 Å². The number of hydrogen-bond acceptors (Lipinski definition) is 3. The van der Waals surface area contributed by atoms with Crippen LogP contribution in [0.1, 0.15) is 33.6 Å². The summed E-state index contributed by atoms with van der Waals surface area (Å²) in [5, 5.41) is 0. The van der Waals surface area contributed by atoms with Crippen molar-refractivity contribution in [1.82, 2.24) is 9.80 Å². The van der Waals surface area contributed by atoms with Crippen LogP contribution in [-0.2, 0) is 0 Å². The number of allylic oxidation sites excluding steroid dienone is 3. The quantitative estimate of drug-likeness (QED) is 0.459. The van der Waals surface area contributed by atoms with Crippen LogP contribution in [0.2, 0.25) is 14.8 Å². The molecule has 0 saturated carbocycles. The van der Waals surface area contributed by atoms with Crippen LogP contribution in [0.25, 0.3) is 0 Å². The van der Waals surface area contributed by atoms with E-state index in [1.807, 2.05) is 6.21 Å². The van der Waals surface area contributed by atoms with Crippen molar-refractivity contribution in [3.63, 3.8) is 0 Å². The van der Waals surface area contributed by atoms with Gasteiger partial charge in [-0.2, -0.15) is 0 Å². The van der Waals surface area contributed by atoms with Crippen LogP contribution >= 0.6 is 0 Å². The zero-order valence-electron chi connectivity index (χ0n) is 17.9. The number of fused-ring (bicyclic) bond motifs is 1. The normalized spacial score (nSPS) is 24.4. The third-order valence-electron chi connectivity index (χ3n) is 6.29. The number of dihydropyridines is 1. The molecule has 1 aliphatic heterocycles. The topological polar surface area (TPSA) is 18.8 Å². The molecule has 0 aromatic rings. The van der Waals surface area contributed by atoms with Gasteiger partial charge in [-0.25, -0.2) is 0 Å². The van der Waals surface area contributed by atoms with Crippen LogP contribution in [0.15, 0.2) is 41.1 Å². The van der Waals surface area contributed by atoms with E-state index in [0.29, 0.717) is 12.0 Å². The second-order valence-electron chi connectivity index (χ2n) is 8.95. The standard InChI is InChI=1S/C19H30N3.3CH3.Sn/c1-5-22(6-2)15-9-10-16(3)21(4)19-13-14-20-18-12-8-7-11-17(18)19;;;;/h5,7-8,11-14,16-18H,6,9-10,15H2,1-4H3;3*1H3;/i;;;;1+0. The number of rotatable bonds is 9. The Bertz CT molecular complexity index is 570. The Balaban J connectivity index is 1.88. The summed E-state index contributed by atoms with van der Waals surface area (Å²) in [6.45, 7) is 9.57. The average molecular weight is 464 g/mol. The summed E-state index contributed by atoms with van der Waals surface area (Å²) in [6, 6.07) is 0.838. The molecule has 0 fully saturated rings. The molecule has 1 aliphatic carbocycles. The van der Waals surface area contributed by atoms with Gasteiger partial charge in [0.05, 0.1) is 0 Å². The van der Waals surface area contributed by atoms with Crippen molar-refractivity contribution >= 4 is 24.6 Å². The first kappa shape index (κ1) is 21.7. The summed E-state index contributed by atoms with van der Waals surface area (Å²) in [5.74, 6) is 0.402. The van der Waals surface area contributed by atoms with Crippen LogP contribution in [0, 0.1) is 5.92 Å². The Morgan fingerprint density at radius 2 is 1.85 bits per heavy atom. The van der Waals surface area contributed by atoms with E-state index >= 15 is 0 Å².